The number of aliphatic imine (C=N–C) groups is 1. The molecule has 0 bridgehead atoms. The molecule has 2 N–H and O–H groups in total. The van der Waals surface area contributed by atoms with Crippen molar-refractivity contribution >= 4 is 23.5 Å². The highest BCUT2D eigenvalue weighted by molar-refractivity contribution is 6.30. The SMILES string of the molecule is CN(C)C(=O)CN=C(NCCc1ccc(Cl)cc1)NC1CCCCC1. The molecule has 1 aromatic carbocycles. The van der Waals surface area contributed by atoms with Crippen molar-refractivity contribution < 1.29 is 4.79 Å². The van der Waals surface area contributed by atoms with Gasteiger partial charge in [0.2, 0.25) is 5.91 Å². The zero-order valence-electron chi connectivity index (χ0n) is 15.2. The van der Waals surface area contributed by atoms with E-state index >= 15 is 0 Å². The van der Waals surface area contributed by atoms with E-state index in [-0.39, 0.29) is 12.5 Å². The predicted molar refractivity (Wildman–Crippen MR) is 104 cm³/mol. The molecule has 0 radical (unpaired) electrons. The van der Waals surface area contributed by atoms with Gasteiger partial charge in [-0.15, -0.1) is 0 Å². The average Bonchev–Trinajstić information content (AvgIpc) is 2.61. The zero-order chi connectivity index (χ0) is 18.1. The van der Waals surface area contributed by atoms with Gasteiger partial charge in [0.1, 0.15) is 6.54 Å². The smallest absolute Gasteiger partial charge is 0.243 e. The first kappa shape index (κ1) is 19.6. The molecule has 2 rings (SSSR count). The lowest BCUT2D eigenvalue weighted by atomic mass is 9.96. The lowest BCUT2D eigenvalue weighted by Gasteiger charge is -2.25. The summed E-state index contributed by atoms with van der Waals surface area (Å²) >= 11 is 5.92. The van der Waals surface area contributed by atoms with Crippen LogP contribution in [-0.2, 0) is 11.2 Å². The summed E-state index contributed by atoms with van der Waals surface area (Å²) in [5.74, 6) is 0.735. The summed E-state index contributed by atoms with van der Waals surface area (Å²) < 4.78 is 0. The standard InChI is InChI=1S/C19H29ClN4O/c1-24(2)18(25)14-22-19(23-17-6-4-3-5-7-17)21-13-12-15-8-10-16(20)11-9-15/h8-11,17H,3-7,12-14H2,1-2H3,(H2,21,22,23). The number of carbonyl (C=O) groups excluding carboxylic acids is 1. The quantitative estimate of drug-likeness (QED) is 0.602. The largest absolute Gasteiger partial charge is 0.356 e. The minimum absolute atomic E-state index is 0.00226. The molecule has 0 heterocycles. The fourth-order valence-electron chi connectivity index (χ4n) is 2.86. The van der Waals surface area contributed by atoms with Gasteiger partial charge in [-0.1, -0.05) is 43.0 Å². The molecule has 1 aliphatic rings. The van der Waals surface area contributed by atoms with Crippen LogP contribution in [0.2, 0.25) is 5.02 Å². The van der Waals surface area contributed by atoms with E-state index in [1.165, 1.54) is 37.7 Å². The lowest BCUT2D eigenvalue weighted by molar-refractivity contribution is -0.127. The Morgan fingerprint density at radius 2 is 1.88 bits per heavy atom. The molecule has 1 saturated carbocycles. The molecular formula is C19H29ClN4O. The van der Waals surface area contributed by atoms with Crippen LogP contribution < -0.4 is 10.6 Å². The van der Waals surface area contributed by atoms with Gasteiger partial charge in [0.15, 0.2) is 5.96 Å². The van der Waals surface area contributed by atoms with Crippen LogP contribution in [0.15, 0.2) is 29.3 Å². The number of nitrogens with zero attached hydrogens (tertiary/aromatic N) is 2. The number of hydrogen-bond acceptors (Lipinski definition) is 2. The number of carbonyl (C=O) groups is 1. The molecule has 0 unspecified atom stereocenters. The number of hydrogen-bond donors (Lipinski definition) is 2. The second-order valence-electron chi connectivity index (χ2n) is 6.74. The van der Waals surface area contributed by atoms with Crippen LogP contribution in [0.1, 0.15) is 37.7 Å². The van der Waals surface area contributed by atoms with Gasteiger partial charge in [0.25, 0.3) is 0 Å². The second kappa shape index (κ2) is 10.3. The topological polar surface area (TPSA) is 56.7 Å². The van der Waals surface area contributed by atoms with Crippen LogP contribution in [0.5, 0.6) is 0 Å². The molecule has 1 aromatic rings. The van der Waals surface area contributed by atoms with E-state index in [1.54, 1.807) is 19.0 Å². The van der Waals surface area contributed by atoms with Crippen molar-refractivity contribution in [3.05, 3.63) is 34.9 Å². The summed E-state index contributed by atoms with van der Waals surface area (Å²) in [7, 11) is 3.50. The number of guanidine groups is 1. The van der Waals surface area contributed by atoms with Crippen molar-refractivity contribution in [3.63, 3.8) is 0 Å². The van der Waals surface area contributed by atoms with Crippen molar-refractivity contribution in [2.24, 2.45) is 4.99 Å². The Labute approximate surface area is 155 Å². The summed E-state index contributed by atoms with van der Waals surface area (Å²) in [6.45, 7) is 0.923. The summed E-state index contributed by atoms with van der Waals surface area (Å²) in [6.07, 6.45) is 7.04. The Morgan fingerprint density at radius 1 is 1.20 bits per heavy atom. The van der Waals surface area contributed by atoms with E-state index < -0.39 is 0 Å². The van der Waals surface area contributed by atoms with Gasteiger partial charge in [-0.25, -0.2) is 4.99 Å². The molecule has 1 amide bonds. The highest BCUT2D eigenvalue weighted by atomic mass is 35.5. The molecule has 6 heteroatoms. The molecule has 0 atom stereocenters. The van der Waals surface area contributed by atoms with Gasteiger partial charge in [-0.3, -0.25) is 4.79 Å². The van der Waals surface area contributed by atoms with Crippen LogP contribution in [0, 0.1) is 0 Å². The molecule has 1 aliphatic carbocycles. The van der Waals surface area contributed by atoms with Crippen LogP contribution in [0.3, 0.4) is 0 Å². The van der Waals surface area contributed by atoms with Crippen molar-refractivity contribution in [2.75, 3.05) is 27.2 Å². The van der Waals surface area contributed by atoms with Gasteiger partial charge in [0.05, 0.1) is 0 Å². The molecule has 0 spiro atoms. The van der Waals surface area contributed by atoms with E-state index in [9.17, 15) is 4.79 Å². The Bertz CT molecular complexity index is 565. The van der Waals surface area contributed by atoms with Crippen molar-refractivity contribution in [1.82, 2.24) is 15.5 Å². The minimum Gasteiger partial charge on any atom is -0.356 e. The zero-order valence-corrected chi connectivity index (χ0v) is 16.0. The maximum absolute atomic E-state index is 11.8. The van der Waals surface area contributed by atoms with E-state index in [0.717, 1.165) is 23.9 Å². The minimum atomic E-state index is 0.00226. The van der Waals surface area contributed by atoms with E-state index in [1.807, 2.05) is 24.3 Å². The summed E-state index contributed by atoms with van der Waals surface area (Å²) in [6, 6.07) is 8.32. The van der Waals surface area contributed by atoms with Gasteiger partial charge < -0.3 is 15.5 Å². The van der Waals surface area contributed by atoms with E-state index in [0.29, 0.717) is 6.04 Å². The first-order valence-corrected chi connectivity index (χ1v) is 9.42. The molecule has 0 saturated heterocycles. The van der Waals surface area contributed by atoms with E-state index in [2.05, 4.69) is 15.6 Å². The number of nitrogens with one attached hydrogen (secondary N) is 2. The Balaban J connectivity index is 1.88. The summed E-state index contributed by atoms with van der Waals surface area (Å²) in [5.41, 5.74) is 1.22. The maximum Gasteiger partial charge on any atom is 0.243 e. The molecule has 0 aromatic heterocycles. The number of benzene rings is 1. The van der Waals surface area contributed by atoms with Gasteiger partial charge >= 0.3 is 0 Å². The molecule has 5 nitrogen and oxygen atoms in total. The highest BCUT2D eigenvalue weighted by Crippen LogP contribution is 2.17. The Hall–Kier alpha value is -1.75. The number of likely N-dealkylation sites (N-methyl/N-ethyl adjacent to an activating group) is 1. The summed E-state index contributed by atoms with van der Waals surface area (Å²) in [5, 5.41) is 7.60. The van der Waals surface area contributed by atoms with Crippen LogP contribution in [-0.4, -0.2) is 50.0 Å². The molecule has 25 heavy (non-hydrogen) atoms. The second-order valence-corrected chi connectivity index (χ2v) is 7.17. The van der Waals surface area contributed by atoms with Gasteiger partial charge in [-0.05, 0) is 37.0 Å². The third-order valence-corrected chi connectivity index (χ3v) is 4.69. The Morgan fingerprint density at radius 3 is 2.52 bits per heavy atom. The normalized spacial score (nSPS) is 15.7. The third kappa shape index (κ3) is 7.34. The number of amides is 1. The summed E-state index contributed by atoms with van der Waals surface area (Å²) in [4.78, 5) is 17.8. The van der Waals surface area contributed by atoms with Gasteiger partial charge in [-0.2, -0.15) is 0 Å². The lowest BCUT2D eigenvalue weighted by Crippen LogP contribution is -2.45. The van der Waals surface area contributed by atoms with Crippen molar-refractivity contribution in [3.8, 4) is 0 Å². The highest BCUT2D eigenvalue weighted by Gasteiger charge is 2.15. The average molecular weight is 365 g/mol. The van der Waals surface area contributed by atoms with Gasteiger partial charge in [0, 0.05) is 31.7 Å². The Kier molecular flexibility index (Phi) is 8.06. The molecule has 1 fully saturated rings. The van der Waals surface area contributed by atoms with Crippen LogP contribution in [0.25, 0.3) is 0 Å². The molecule has 0 aliphatic heterocycles. The van der Waals surface area contributed by atoms with Crippen LogP contribution >= 0.6 is 11.6 Å². The van der Waals surface area contributed by atoms with E-state index in [4.69, 9.17) is 11.6 Å². The van der Waals surface area contributed by atoms with Crippen molar-refractivity contribution in [2.45, 2.75) is 44.6 Å². The molecule has 138 valence electrons. The number of rotatable bonds is 6. The molecular weight excluding hydrogens is 336 g/mol. The first-order chi connectivity index (χ1) is 12.0. The first-order valence-electron chi connectivity index (χ1n) is 9.04. The monoisotopic (exact) mass is 364 g/mol. The van der Waals surface area contributed by atoms with Crippen LogP contribution in [0.4, 0.5) is 0 Å². The fourth-order valence-corrected chi connectivity index (χ4v) is 2.98. The van der Waals surface area contributed by atoms with Crippen molar-refractivity contribution in [1.29, 1.82) is 0 Å². The predicted octanol–water partition coefficient (Wildman–Crippen LogP) is 2.84. The third-order valence-electron chi connectivity index (χ3n) is 4.44. The maximum atomic E-state index is 11.8. The number of halogens is 1. The fraction of sp³-hybridized carbons (Fsp3) is 0.579.